The molecule has 0 aliphatic heterocycles. The third kappa shape index (κ3) is 3.82. The quantitative estimate of drug-likeness (QED) is 0.939. The van der Waals surface area contributed by atoms with Gasteiger partial charge in [-0.2, -0.15) is 5.26 Å². The Hall–Kier alpha value is -1.83. The van der Waals surface area contributed by atoms with Gasteiger partial charge in [0.15, 0.2) is 0 Å². The molecule has 0 unspecified atom stereocenters. The number of hydrogen-bond donors (Lipinski definition) is 1. The van der Waals surface area contributed by atoms with E-state index in [-0.39, 0.29) is 0 Å². The molecule has 0 aliphatic carbocycles. The van der Waals surface area contributed by atoms with Crippen LogP contribution in [0.4, 0.5) is 5.95 Å². The van der Waals surface area contributed by atoms with Crippen LogP contribution in [0.3, 0.4) is 0 Å². The molecule has 0 bridgehead atoms. The second-order valence-electron chi connectivity index (χ2n) is 3.79. The minimum absolute atomic E-state index is 0.335. The van der Waals surface area contributed by atoms with Gasteiger partial charge in [-0.05, 0) is 30.2 Å². The second-order valence-corrected chi connectivity index (χ2v) is 4.63. The number of halogens is 2. The highest BCUT2D eigenvalue weighted by Gasteiger charge is 2.02. The Morgan fingerprint density at radius 3 is 2.84 bits per heavy atom. The Kier molecular flexibility index (Phi) is 4.56. The Morgan fingerprint density at radius 2 is 2.11 bits per heavy atom. The Labute approximate surface area is 121 Å². The van der Waals surface area contributed by atoms with Gasteiger partial charge in [0.2, 0.25) is 5.95 Å². The zero-order valence-electron chi connectivity index (χ0n) is 9.90. The van der Waals surface area contributed by atoms with E-state index in [2.05, 4.69) is 15.3 Å². The molecular formula is C13H10Cl2N4. The lowest BCUT2D eigenvalue weighted by Crippen LogP contribution is -2.08. The normalized spacial score (nSPS) is 9.95. The molecule has 2 aromatic rings. The maximum atomic E-state index is 8.73. The fourth-order valence-electron chi connectivity index (χ4n) is 1.54. The number of nitriles is 1. The number of nitrogens with one attached hydrogen (secondary N) is 1. The van der Waals surface area contributed by atoms with Crippen molar-refractivity contribution in [3.63, 3.8) is 0 Å². The molecule has 0 saturated carbocycles. The lowest BCUT2D eigenvalue weighted by Gasteiger charge is -2.06. The fourth-order valence-corrected chi connectivity index (χ4v) is 2.04. The van der Waals surface area contributed by atoms with Crippen molar-refractivity contribution < 1.29 is 0 Å². The summed E-state index contributed by atoms with van der Waals surface area (Å²) in [5.74, 6) is 0.434. The smallest absolute Gasteiger partial charge is 0.223 e. The van der Waals surface area contributed by atoms with Crippen molar-refractivity contribution in [2.24, 2.45) is 0 Å². The van der Waals surface area contributed by atoms with Crippen molar-refractivity contribution in [1.29, 1.82) is 5.26 Å². The zero-order chi connectivity index (χ0) is 13.7. The van der Waals surface area contributed by atoms with Crippen LogP contribution in [0, 0.1) is 11.3 Å². The molecule has 1 aromatic heterocycles. The van der Waals surface area contributed by atoms with Crippen LogP contribution >= 0.6 is 23.2 Å². The summed E-state index contributed by atoms with van der Waals surface area (Å²) in [5.41, 5.74) is 1.33. The minimum Gasteiger partial charge on any atom is -0.354 e. The minimum atomic E-state index is 0.335. The molecule has 0 amide bonds. The summed E-state index contributed by atoms with van der Waals surface area (Å²) in [6, 6.07) is 8.92. The first-order valence-electron chi connectivity index (χ1n) is 5.60. The van der Waals surface area contributed by atoms with Gasteiger partial charge in [-0.3, -0.25) is 0 Å². The molecule has 1 aromatic carbocycles. The van der Waals surface area contributed by atoms with Gasteiger partial charge in [0, 0.05) is 22.8 Å². The summed E-state index contributed by atoms with van der Waals surface area (Å²) in [7, 11) is 0. The third-order valence-corrected chi connectivity index (χ3v) is 3.05. The first-order chi connectivity index (χ1) is 9.19. The van der Waals surface area contributed by atoms with Crippen LogP contribution in [0.1, 0.15) is 11.3 Å². The molecule has 96 valence electrons. The van der Waals surface area contributed by atoms with Gasteiger partial charge in [-0.25, -0.2) is 9.97 Å². The van der Waals surface area contributed by atoms with Crippen molar-refractivity contribution in [3.8, 4) is 6.07 Å². The van der Waals surface area contributed by atoms with Gasteiger partial charge in [0.1, 0.15) is 11.8 Å². The fraction of sp³-hybridized carbons (Fsp3) is 0.154. The number of anilines is 1. The van der Waals surface area contributed by atoms with E-state index in [0.29, 0.717) is 28.2 Å². The summed E-state index contributed by atoms with van der Waals surface area (Å²) in [4.78, 5) is 8.05. The van der Waals surface area contributed by atoms with Crippen LogP contribution in [0.15, 0.2) is 30.5 Å². The Bertz CT molecular complexity index is 622. The van der Waals surface area contributed by atoms with Crippen LogP contribution in [0.2, 0.25) is 10.0 Å². The maximum absolute atomic E-state index is 8.73. The first kappa shape index (κ1) is 13.6. The number of benzene rings is 1. The first-order valence-corrected chi connectivity index (χ1v) is 6.35. The predicted octanol–water partition coefficient (Wildman–Crippen LogP) is 3.31. The number of nitrogens with zero attached hydrogens (tertiary/aromatic N) is 3. The molecule has 1 N–H and O–H groups in total. The van der Waals surface area contributed by atoms with Crippen LogP contribution in [0.25, 0.3) is 0 Å². The van der Waals surface area contributed by atoms with Gasteiger partial charge < -0.3 is 5.32 Å². The predicted molar refractivity (Wildman–Crippen MR) is 75.4 cm³/mol. The highest BCUT2D eigenvalue weighted by molar-refractivity contribution is 6.35. The summed E-state index contributed by atoms with van der Waals surface area (Å²) < 4.78 is 0. The average Bonchev–Trinajstić information content (AvgIpc) is 2.41. The summed E-state index contributed by atoms with van der Waals surface area (Å²) in [5, 5.41) is 13.0. The van der Waals surface area contributed by atoms with E-state index in [4.69, 9.17) is 28.5 Å². The van der Waals surface area contributed by atoms with Crippen LogP contribution < -0.4 is 5.32 Å². The van der Waals surface area contributed by atoms with Crippen molar-refractivity contribution in [3.05, 3.63) is 51.8 Å². The lowest BCUT2D eigenvalue weighted by atomic mass is 10.1. The topological polar surface area (TPSA) is 61.6 Å². The maximum Gasteiger partial charge on any atom is 0.223 e. The molecule has 0 aliphatic rings. The summed E-state index contributed by atoms with van der Waals surface area (Å²) in [6.45, 7) is 0.621. The van der Waals surface area contributed by atoms with Crippen LogP contribution in [0.5, 0.6) is 0 Å². The van der Waals surface area contributed by atoms with Crippen molar-refractivity contribution >= 4 is 29.2 Å². The molecule has 4 nitrogen and oxygen atoms in total. The number of aromatic nitrogens is 2. The van der Waals surface area contributed by atoms with E-state index in [1.54, 1.807) is 24.4 Å². The SMILES string of the molecule is N#Cc1ccnc(NCCc2ccc(Cl)cc2Cl)n1. The molecule has 0 fully saturated rings. The second kappa shape index (κ2) is 6.37. The van der Waals surface area contributed by atoms with Crippen molar-refractivity contribution in [2.75, 3.05) is 11.9 Å². The van der Waals surface area contributed by atoms with Gasteiger partial charge in [0.25, 0.3) is 0 Å². The van der Waals surface area contributed by atoms with E-state index in [0.717, 1.165) is 12.0 Å². The van der Waals surface area contributed by atoms with Crippen molar-refractivity contribution in [1.82, 2.24) is 9.97 Å². The summed E-state index contributed by atoms with van der Waals surface area (Å²) in [6.07, 6.45) is 2.26. The Morgan fingerprint density at radius 1 is 1.26 bits per heavy atom. The third-order valence-electron chi connectivity index (χ3n) is 2.46. The molecule has 0 spiro atoms. The van der Waals surface area contributed by atoms with Gasteiger partial charge >= 0.3 is 0 Å². The average molecular weight is 293 g/mol. The van der Waals surface area contributed by atoms with Gasteiger partial charge in [0.05, 0.1) is 0 Å². The van der Waals surface area contributed by atoms with Gasteiger partial charge in [-0.15, -0.1) is 0 Å². The van der Waals surface area contributed by atoms with E-state index in [1.807, 2.05) is 12.1 Å². The highest BCUT2D eigenvalue weighted by atomic mass is 35.5. The molecule has 19 heavy (non-hydrogen) atoms. The number of rotatable bonds is 4. The van der Waals surface area contributed by atoms with E-state index in [1.165, 1.54) is 0 Å². The highest BCUT2D eigenvalue weighted by Crippen LogP contribution is 2.21. The monoisotopic (exact) mass is 292 g/mol. The van der Waals surface area contributed by atoms with E-state index in [9.17, 15) is 0 Å². The largest absolute Gasteiger partial charge is 0.354 e. The van der Waals surface area contributed by atoms with E-state index >= 15 is 0 Å². The Balaban J connectivity index is 1.94. The molecule has 0 atom stereocenters. The molecule has 6 heteroatoms. The lowest BCUT2D eigenvalue weighted by molar-refractivity contribution is 0.980. The van der Waals surface area contributed by atoms with Gasteiger partial charge in [-0.1, -0.05) is 29.3 Å². The molecule has 2 rings (SSSR count). The zero-order valence-corrected chi connectivity index (χ0v) is 11.4. The molecule has 0 radical (unpaired) electrons. The molecule has 1 heterocycles. The van der Waals surface area contributed by atoms with E-state index < -0.39 is 0 Å². The van der Waals surface area contributed by atoms with Crippen LogP contribution in [-0.4, -0.2) is 16.5 Å². The summed E-state index contributed by atoms with van der Waals surface area (Å²) >= 11 is 11.9. The van der Waals surface area contributed by atoms with Crippen molar-refractivity contribution in [2.45, 2.75) is 6.42 Å². The molecular weight excluding hydrogens is 283 g/mol. The standard InChI is InChI=1S/C13H10Cl2N4/c14-10-2-1-9(12(15)7-10)3-5-17-13-18-6-4-11(8-16)19-13/h1-2,4,6-7H,3,5H2,(H,17,18,19). The number of hydrogen-bond acceptors (Lipinski definition) is 4. The van der Waals surface area contributed by atoms with Crippen LogP contribution in [-0.2, 0) is 6.42 Å². The molecule has 0 saturated heterocycles.